The largest absolute Gasteiger partial charge is 0.493 e. The molecule has 0 radical (unpaired) electrons. The molecule has 0 saturated carbocycles. The molecule has 0 aromatic heterocycles. The number of hydrogen-bond acceptors (Lipinski definition) is 2. The van der Waals surface area contributed by atoms with Gasteiger partial charge in [-0.15, -0.1) is 0 Å². The Kier molecular flexibility index (Phi) is 6.13. The third kappa shape index (κ3) is 4.37. The summed E-state index contributed by atoms with van der Waals surface area (Å²) < 4.78 is 5.49. The lowest BCUT2D eigenvalue weighted by atomic mass is 10.2. The average molecular weight is 217 g/mol. The van der Waals surface area contributed by atoms with Crippen LogP contribution in [0.3, 0.4) is 0 Å². The molecule has 0 bridgehead atoms. The van der Waals surface area contributed by atoms with Gasteiger partial charge in [0.05, 0.1) is 12.2 Å². The molecule has 0 aliphatic heterocycles. The van der Waals surface area contributed by atoms with Gasteiger partial charge in [0, 0.05) is 6.42 Å². The molecule has 0 spiro atoms. The van der Waals surface area contributed by atoms with Crippen molar-refractivity contribution in [3.63, 3.8) is 0 Å². The maximum atomic E-state index is 5.49. The quantitative estimate of drug-likeness (QED) is 0.607. The number of para-hydroxylation sites is 1. The van der Waals surface area contributed by atoms with Gasteiger partial charge in [-0.25, -0.2) is 0 Å². The van der Waals surface area contributed by atoms with Crippen LogP contribution < -0.4 is 10.5 Å². The zero-order chi connectivity index (χ0) is 11.6. The predicted molar refractivity (Wildman–Crippen MR) is 67.4 cm³/mol. The third-order valence-electron chi connectivity index (χ3n) is 2.17. The van der Waals surface area contributed by atoms with Gasteiger partial charge in [-0.2, -0.15) is 0 Å². The van der Waals surface area contributed by atoms with Crippen LogP contribution in [0.2, 0.25) is 0 Å². The van der Waals surface area contributed by atoms with Crippen LogP contribution in [0, 0.1) is 11.8 Å². The highest BCUT2D eigenvalue weighted by Crippen LogP contribution is 2.16. The first-order chi connectivity index (χ1) is 7.88. The number of unbranched alkanes of at least 4 members (excludes halogenated alkanes) is 2. The zero-order valence-corrected chi connectivity index (χ0v) is 9.83. The highest BCUT2D eigenvalue weighted by atomic mass is 16.5. The van der Waals surface area contributed by atoms with Crippen LogP contribution >= 0.6 is 0 Å². The Morgan fingerprint density at radius 3 is 2.81 bits per heavy atom. The number of nitrogens with two attached hydrogens (primary N) is 1. The van der Waals surface area contributed by atoms with E-state index in [-0.39, 0.29) is 0 Å². The zero-order valence-electron chi connectivity index (χ0n) is 9.83. The topological polar surface area (TPSA) is 35.2 Å². The van der Waals surface area contributed by atoms with E-state index in [1.54, 1.807) is 0 Å². The van der Waals surface area contributed by atoms with Crippen LogP contribution in [0.4, 0.5) is 0 Å². The van der Waals surface area contributed by atoms with Gasteiger partial charge in [0.1, 0.15) is 5.75 Å². The predicted octanol–water partition coefficient (Wildman–Crippen LogP) is 2.57. The lowest BCUT2D eigenvalue weighted by Gasteiger charge is -2.04. The average Bonchev–Trinajstić information content (AvgIpc) is 2.31. The van der Waals surface area contributed by atoms with Gasteiger partial charge in [-0.3, -0.25) is 0 Å². The smallest absolute Gasteiger partial charge is 0.134 e. The summed E-state index contributed by atoms with van der Waals surface area (Å²) in [6.45, 7) is 3.40. The fourth-order valence-electron chi connectivity index (χ4n) is 1.37. The Morgan fingerprint density at radius 1 is 1.25 bits per heavy atom. The highest BCUT2D eigenvalue weighted by molar-refractivity contribution is 5.45. The molecule has 0 saturated heterocycles. The van der Waals surface area contributed by atoms with Crippen molar-refractivity contribution < 1.29 is 4.74 Å². The number of rotatable bonds is 5. The molecule has 0 amide bonds. The summed E-state index contributed by atoms with van der Waals surface area (Å²) >= 11 is 0. The van der Waals surface area contributed by atoms with Crippen LogP contribution in [-0.2, 0) is 0 Å². The van der Waals surface area contributed by atoms with E-state index in [2.05, 4.69) is 11.8 Å². The first-order valence-electron chi connectivity index (χ1n) is 5.79. The van der Waals surface area contributed by atoms with Crippen LogP contribution in [-0.4, -0.2) is 13.2 Å². The molecular weight excluding hydrogens is 198 g/mol. The third-order valence-corrected chi connectivity index (χ3v) is 2.17. The van der Waals surface area contributed by atoms with Crippen molar-refractivity contribution in [2.24, 2.45) is 5.73 Å². The first kappa shape index (κ1) is 12.6. The molecule has 0 aliphatic carbocycles. The van der Waals surface area contributed by atoms with Crippen molar-refractivity contribution in [1.82, 2.24) is 0 Å². The summed E-state index contributed by atoms with van der Waals surface area (Å²) in [5.41, 5.74) is 6.39. The molecule has 1 aromatic carbocycles. The van der Waals surface area contributed by atoms with Crippen molar-refractivity contribution in [3.8, 4) is 17.6 Å². The summed E-state index contributed by atoms with van der Waals surface area (Å²) in [5, 5.41) is 0. The second-order valence-corrected chi connectivity index (χ2v) is 3.48. The molecule has 2 N–H and O–H groups in total. The van der Waals surface area contributed by atoms with Crippen LogP contribution in [0.15, 0.2) is 24.3 Å². The van der Waals surface area contributed by atoms with Crippen molar-refractivity contribution in [1.29, 1.82) is 0 Å². The number of hydrogen-bond donors (Lipinski definition) is 1. The van der Waals surface area contributed by atoms with E-state index in [0.29, 0.717) is 6.61 Å². The minimum atomic E-state index is 0.672. The van der Waals surface area contributed by atoms with Crippen LogP contribution in [0.1, 0.15) is 31.7 Å². The van der Waals surface area contributed by atoms with E-state index < -0.39 is 0 Å². The van der Waals surface area contributed by atoms with Gasteiger partial charge in [-0.05, 0) is 38.4 Å². The maximum absolute atomic E-state index is 5.49. The lowest BCUT2D eigenvalue weighted by molar-refractivity contribution is 0.339. The first-order valence-corrected chi connectivity index (χ1v) is 5.79. The molecule has 2 nitrogen and oxygen atoms in total. The number of ether oxygens (including phenoxy) is 1. The van der Waals surface area contributed by atoms with Crippen LogP contribution in [0.5, 0.6) is 5.75 Å². The Morgan fingerprint density at radius 2 is 2.06 bits per heavy atom. The SMILES string of the molecule is CCOc1ccccc1C#CCCCCN. The Bertz CT molecular complexity index is 362. The standard InChI is InChI=1S/C14H19NO/c1-2-16-14-11-7-6-10-13(14)9-5-3-4-8-12-15/h6-7,10-11H,2-4,8,12,15H2,1H3. The van der Waals surface area contributed by atoms with E-state index in [9.17, 15) is 0 Å². The summed E-state index contributed by atoms with van der Waals surface area (Å²) in [6, 6.07) is 7.88. The monoisotopic (exact) mass is 217 g/mol. The van der Waals surface area contributed by atoms with E-state index in [0.717, 1.165) is 37.1 Å². The molecule has 0 aliphatic rings. The van der Waals surface area contributed by atoms with E-state index >= 15 is 0 Å². The highest BCUT2D eigenvalue weighted by Gasteiger charge is 1.97. The van der Waals surface area contributed by atoms with Gasteiger partial charge >= 0.3 is 0 Å². The van der Waals surface area contributed by atoms with Gasteiger partial charge in [0.2, 0.25) is 0 Å². The fourth-order valence-corrected chi connectivity index (χ4v) is 1.37. The molecule has 0 fully saturated rings. The maximum Gasteiger partial charge on any atom is 0.134 e. The minimum absolute atomic E-state index is 0.672. The van der Waals surface area contributed by atoms with Gasteiger partial charge < -0.3 is 10.5 Å². The minimum Gasteiger partial charge on any atom is -0.493 e. The fraction of sp³-hybridized carbons (Fsp3) is 0.429. The molecule has 0 atom stereocenters. The molecule has 86 valence electrons. The summed E-state index contributed by atoms with van der Waals surface area (Å²) in [5.74, 6) is 7.16. The van der Waals surface area contributed by atoms with Crippen molar-refractivity contribution in [2.75, 3.05) is 13.2 Å². The summed E-state index contributed by atoms with van der Waals surface area (Å²) in [6.07, 6.45) is 3.01. The lowest BCUT2D eigenvalue weighted by Crippen LogP contribution is -1.97. The molecule has 0 unspecified atom stereocenters. The normalized spacial score (nSPS) is 9.38. The van der Waals surface area contributed by atoms with Crippen LogP contribution in [0.25, 0.3) is 0 Å². The van der Waals surface area contributed by atoms with Gasteiger partial charge in [0.15, 0.2) is 0 Å². The Labute approximate surface area is 97.8 Å². The second-order valence-electron chi connectivity index (χ2n) is 3.48. The van der Waals surface area contributed by atoms with E-state index in [1.165, 1.54) is 0 Å². The summed E-state index contributed by atoms with van der Waals surface area (Å²) in [7, 11) is 0. The molecule has 2 heteroatoms. The Balaban J connectivity index is 2.57. The summed E-state index contributed by atoms with van der Waals surface area (Å²) in [4.78, 5) is 0. The molecule has 1 aromatic rings. The van der Waals surface area contributed by atoms with Crippen molar-refractivity contribution in [3.05, 3.63) is 29.8 Å². The van der Waals surface area contributed by atoms with Crippen molar-refractivity contribution >= 4 is 0 Å². The van der Waals surface area contributed by atoms with Gasteiger partial charge in [-0.1, -0.05) is 24.0 Å². The molecule has 1 rings (SSSR count). The van der Waals surface area contributed by atoms with E-state index in [1.807, 2.05) is 31.2 Å². The van der Waals surface area contributed by atoms with Crippen molar-refractivity contribution in [2.45, 2.75) is 26.2 Å². The second kappa shape index (κ2) is 7.78. The molecule has 0 heterocycles. The Hall–Kier alpha value is -1.46. The number of benzene rings is 1. The van der Waals surface area contributed by atoms with E-state index in [4.69, 9.17) is 10.5 Å². The molecule has 16 heavy (non-hydrogen) atoms. The van der Waals surface area contributed by atoms with Gasteiger partial charge in [0.25, 0.3) is 0 Å². The molecular formula is C14H19NO.